The van der Waals surface area contributed by atoms with Gasteiger partial charge in [0.25, 0.3) is 0 Å². The number of carbonyl (C=O) groups is 1. The first kappa shape index (κ1) is 11.5. The minimum Gasteiger partial charge on any atom is -0.466 e. The summed E-state index contributed by atoms with van der Waals surface area (Å²) in [4.78, 5) is 14.6. The van der Waals surface area contributed by atoms with Crippen LogP contribution in [0.3, 0.4) is 0 Å². The van der Waals surface area contributed by atoms with Crippen LogP contribution in [0.15, 0.2) is 18.3 Å². The second-order valence-electron chi connectivity index (χ2n) is 2.82. The largest absolute Gasteiger partial charge is 0.466 e. The molecule has 0 aliphatic carbocycles. The number of esters is 1. The average molecular weight is 211 g/mol. The van der Waals surface area contributed by atoms with Crippen LogP contribution in [0.4, 0.5) is 0 Å². The van der Waals surface area contributed by atoms with Crippen molar-refractivity contribution in [2.24, 2.45) is 0 Å². The van der Waals surface area contributed by atoms with Crippen LogP contribution in [-0.4, -0.2) is 24.9 Å². The van der Waals surface area contributed by atoms with Gasteiger partial charge in [-0.2, -0.15) is 0 Å². The molecule has 0 radical (unpaired) electrons. The molecular weight excluding hydrogens is 198 g/mol. The number of hydrogen-bond donors (Lipinski definition) is 0. The lowest BCUT2D eigenvalue weighted by Gasteiger charge is -2.05. The van der Waals surface area contributed by atoms with Crippen LogP contribution in [0.2, 0.25) is 0 Å². The predicted molar refractivity (Wildman–Crippen MR) is 52.2 cm³/mol. The molecule has 0 aromatic carbocycles. The van der Waals surface area contributed by atoms with Crippen molar-refractivity contribution in [3.63, 3.8) is 0 Å². The quantitative estimate of drug-likeness (QED) is 0.539. The lowest BCUT2D eigenvalue weighted by atomic mass is 10.3. The first-order chi connectivity index (χ1) is 7.22. The summed E-state index contributed by atoms with van der Waals surface area (Å²) in [7, 11) is 1.54. The van der Waals surface area contributed by atoms with E-state index >= 15 is 0 Å². The van der Waals surface area contributed by atoms with Crippen LogP contribution in [0.1, 0.15) is 12.6 Å². The molecule has 5 heteroatoms. The van der Waals surface area contributed by atoms with Crippen molar-refractivity contribution in [1.82, 2.24) is 4.98 Å². The van der Waals surface area contributed by atoms with Crippen molar-refractivity contribution in [1.29, 1.82) is 0 Å². The van der Waals surface area contributed by atoms with Gasteiger partial charge in [-0.3, -0.25) is 9.78 Å². The fraction of sp³-hybridized carbons (Fsp3) is 0.400. The highest BCUT2D eigenvalue weighted by Crippen LogP contribution is 2.09. The Kier molecular flexibility index (Phi) is 4.56. The highest BCUT2D eigenvalue weighted by atomic mass is 16.7. The zero-order valence-corrected chi connectivity index (χ0v) is 8.73. The van der Waals surface area contributed by atoms with Crippen molar-refractivity contribution in [2.45, 2.75) is 13.5 Å². The number of carbonyl (C=O) groups excluding carboxylic acids is 1. The van der Waals surface area contributed by atoms with E-state index < -0.39 is 0 Å². The summed E-state index contributed by atoms with van der Waals surface area (Å²) in [5.41, 5.74) is 0.676. The van der Waals surface area contributed by atoms with Crippen LogP contribution in [0, 0.1) is 0 Å². The minimum atomic E-state index is -0.323. The third-order valence-electron chi connectivity index (χ3n) is 1.56. The lowest BCUT2D eigenvalue weighted by Crippen LogP contribution is -2.02. The Balaban J connectivity index is 2.45. The second-order valence-corrected chi connectivity index (χ2v) is 2.82. The van der Waals surface area contributed by atoms with Crippen LogP contribution >= 0.6 is 0 Å². The first-order valence-corrected chi connectivity index (χ1v) is 4.42. The van der Waals surface area contributed by atoms with Gasteiger partial charge in [0.05, 0.1) is 11.9 Å². The van der Waals surface area contributed by atoms with E-state index in [0.29, 0.717) is 11.4 Å². The zero-order chi connectivity index (χ0) is 11.1. The van der Waals surface area contributed by atoms with E-state index in [1.807, 2.05) is 0 Å². The molecule has 1 aromatic rings. The minimum absolute atomic E-state index is 0.180. The number of aromatic nitrogens is 1. The van der Waals surface area contributed by atoms with E-state index in [9.17, 15) is 4.79 Å². The SMILES string of the molecule is COCOc1ccc(COC(C)=O)nc1. The van der Waals surface area contributed by atoms with Gasteiger partial charge in [0.15, 0.2) is 6.79 Å². The van der Waals surface area contributed by atoms with Crippen molar-refractivity contribution >= 4 is 5.97 Å². The van der Waals surface area contributed by atoms with E-state index in [4.69, 9.17) is 14.2 Å². The molecule has 0 aliphatic heterocycles. The Labute approximate surface area is 88.0 Å². The van der Waals surface area contributed by atoms with Crippen molar-refractivity contribution in [2.75, 3.05) is 13.9 Å². The van der Waals surface area contributed by atoms with Gasteiger partial charge >= 0.3 is 5.97 Å². The summed E-state index contributed by atoms with van der Waals surface area (Å²) in [5.74, 6) is 0.292. The topological polar surface area (TPSA) is 57.7 Å². The van der Waals surface area contributed by atoms with E-state index in [-0.39, 0.29) is 19.4 Å². The van der Waals surface area contributed by atoms with Crippen molar-refractivity contribution < 1.29 is 19.0 Å². The van der Waals surface area contributed by atoms with Crippen LogP contribution in [0.5, 0.6) is 5.75 Å². The molecule has 1 heterocycles. The third kappa shape index (κ3) is 4.42. The number of hydrogen-bond acceptors (Lipinski definition) is 5. The molecule has 5 nitrogen and oxygen atoms in total. The average Bonchev–Trinajstić information content (AvgIpc) is 2.25. The molecule has 0 spiro atoms. The van der Waals surface area contributed by atoms with Crippen molar-refractivity contribution in [3.05, 3.63) is 24.0 Å². The molecule has 82 valence electrons. The maximum Gasteiger partial charge on any atom is 0.303 e. The fourth-order valence-corrected chi connectivity index (χ4v) is 0.884. The van der Waals surface area contributed by atoms with Gasteiger partial charge in [-0.15, -0.1) is 0 Å². The third-order valence-corrected chi connectivity index (χ3v) is 1.56. The van der Waals surface area contributed by atoms with Gasteiger partial charge in [-0.25, -0.2) is 0 Å². The smallest absolute Gasteiger partial charge is 0.303 e. The molecule has 0 unspecified atom stereocenters. The van der Waals surface area contributed by atoms with Crippen LogP contribution in [0.25, 0.3) is 0 Å². The number of pyridine rings is 1. The van der Waals surface area contributed by atoms with E-state index in [0.717, 1.165) is 0 Å². The summed E-state index contributed by atoms with van der Waals surface area (Å²) >= 11 is 0. The van der Waals surface area contributed by atoms with Gasteiger partial charge in [0.2, 0.25) is 0 Å². The monoisotopic (exact) mass is 211 g/mol. The summed E-state index contributed by atoms with van der Waals surface area (Å²) in [6, 6.07) is 3.47. The van der Waals surface area contributed by atoms with Crippen LogP contribution < -0.4 is 4.74 Å². The molecule has 0 bridgehead atoms. The molecule has 0 fully saturated rings. The highest BCUT2D eigenvalue weighted by Gasteiger charge is 1.99. The van der Waals surface area contributed by atoms with Crippen LogP contribution in [-0.2, 0) is 20.9 Å². The van der Waals surface area contributed by atoms with Gasteiger partial charge in [0.1, 0.15) is 12.4 Å². The number of ether oxygens (including phenoxy) is 3. The fourth-order valence-electron chi connectivity index (χ4n) is 0.884. The first-order valence-electron chi connectivity index (χ1n) is 4.42. The Hall–Kier alpha value is -1.62. The summed E-state index contributed by atoms with van der Waals surface area (Å²) in [6.45, 7) is 1.72. The molecular formula is C10H13NO4. The van der Waals surface area contributed by atoms with E-state index in [1.165, 1.54) is 6.92 Å². The molecule has 0 saturated carbocycles. The Morgan fingerprint density at radius 3 is 2.80 bits per heavy atom. The molecule has 0 N–H and O–H groups in total. The molecule has 1 rings (SSSR count). The molecule has 0 saturated heterocycles. The predicted octanol–water partition coefficient (Wildman–Crippen LogP) is 1.13. The Morgan fingerprint density at radius 2 is 2.27 bits per heavy atom. The number of nitrogens with zero attached hydrogens (tertiary/aromatic N) is 1. The molecule has 0 aliphatic rings. The molecule has 15 heavy (non-hydrogen) atoms. The molecule has 1 aromatic heterocycles. The number of methoxy groups -OCH3 is 1. The molecule has 0 amide bonds. The standard InChI is InChI=1S/C10H13NO4/c1-8(12)14-6-9-3-4-10(5-11-9)15-7-13-2/h3-5H,6-7H2,1-2H3. The van der Waals surface area contributed by atoms with E-state index in [1.54, 1.807) is 25.4 Å². The lowest BCUT2D eigenvalue weighted by molar-refractivity contribution is -0.142. The van der Waals surface area contributed by atoms with Crippen molar-refractivity contribution in [3.8, 4) is 5.75 Å². The summed E-state index contributed by atoms with van der Waals surface area (Å²) in [5, 5.41) is 0. The second kappa shape index (κ2) is 5.98. The van der Waals surface area contributed by atoms with Gasteiger partial charge in [-0.1, -0.05) is 0 Å². The Morgan fingerprint density at radius 1 is 1.47 bits per heavy atom. The Bertz CT molecular complexity index is 310. The normalized spacial score (nSPS) is 9.73. The summed E-state index contributed by atoms with van der Waals surface area (Å²) < 4.78 is 14.7. The highest BCUT2D eigenvalue weighted by molar-refractivity contribution is 5.65. The molecule has 0 atom stereocenters. The summed E-state index contributed by atoms with van der Waals surface area (Å²) in [6.07, 6.45) is 1.55. The number of rotatable bonds is 5. The maximum absolute atomic E-state index is 10.5. The van der Waals surface area contributed by atoms with Gasteiger partial charge in [0, 0.05) is 14.0 Å². The maximum atomic E-state index is 10.5. The van der Waals surface area contributed by atoms with Gasteiger partial charge < -0.3 is 14.2 Å². The zero-order valence-electron chi connectivity index (χ0n) is 8.73. The van der Waals surface area contributed by atoms with E-state index in [2.05, 4.69) is 4.98 Å². The van der Waals surface area contributed by atoms with Gasteiger partial charge in [-0.05, 0) is 12.1 Å².